The van der Waals surface area contributed by atoms with Gasteiger partial charge in [-0.15, -0.1) is 0 Å². The number of aliphatic carboxylic acids is 1. The van der Waals surface area contributed by atoms with Crippen molar-refractivity contribution < 1.29 is 24.2 Å². The molecule has 1 aliphatic rings. The lowest BCUT2D eigenvalue weighted by Gasteiger charge is -2.12. The second kappa shape index (κ2) is 6.38. The average Bonchev–Trinajstić information content (AvgIpc) is 2.95. The number of carboxylic acid groups (broad SMARTS) is 1. The van der Waals surface area contributed by atoms with Crippen LogP contribution in [0.2, 0.25) is 0 Å². The second-order valence-corrected chi connectivity index (χ2v) is 4.60. The van der Waals surface area contributed by atoms with Crippen LogP contribution in [0.4, 0.5) is 0 Å². The molecule has 6 heteroatoms. The molecule has 1 saturated heterocycles. The van der Waals surface area contributed by atoms with Crippen LogP contribution in [0.5, 0.6) is 5.75 Å². The number of rotatable bonds is 5. The molecule has 0 radical (unpaired) electrons. The Kier molecular flexibility index (Phi) is 4.57. The van der Waals surface area contributed by atoms with Gasteiger partial charge in [-0.05, 0) is 30.5 Å². The Labute approximate surface area is 116 Å². The van der Waals surface area contributed by atoms with Crippen LogP contribution in [0.3, 0.4) is 0 Å². The Morgan fingerprint density at radius 1 is 1.40 bits per heavy atom. The fraction of sp³-hybridized carbons (Fsp3) is 0.429. The van der Waals surface area contributed by atoms with Gasteiger partial charge < -0.3 is 19.9 Å². The lowest BCUT2D eigenvalue weighted by Crippen LogP contribution is -2.35. The number of carbonyl (C=O) groups is 2. The number of amides is 1. The molecule has 2 atom stereocenters. The van der Waals surface area contributed by atoms with Gasteiger partial charge in [-0.3, -0.25) is 4.79 Å². The molecule has 1 heterocycles. The quantitative estimate of drug-likeness (QED) is 0.838. The molecule has 6 nitrogen and oxygen atoms in total. The minimum atomic E-state index is -1.02. The summed E-state index contributed by atoms with van der Waals surface area (Å²) in [5.41, 5.74) is 0.908. The first kappa shape index (κ1) is 14.3. The van der Waals surface area contributed by atoms with Crippen LogP contribution < -0.4 is 10.1 Å². The molecule has 108 valence electrons. The molecule has 2 rings (SSSR count). The van der Waals surface area contributed by atoms with E-state index < -0.39 is 18.2 Å². The van der Waals surface area contributed by atoms with E-state index in [1.165, 1.54) is 0 Å². The van der Waals surface area contributed by atoms with Crippen LogP contribution in [0, 0.1) is 0 Å². The zero-order valence-corrected chi connectivity index (χ0v) is 11.2. The molecule has 0 saturated carbocycles. The van der Waals surface area contributed by atoms with Crippen molar-refractivity contribution in [1.29, 1.82) is 0 Å². The summed E-state index contributed by atoms with van der Waals surface area (Å²) < 4.78 is 10.3. The highest BCUT2D eigenvalue weighted by Crippen LogP contribution is 2.20. The molecule has 0 aliphatic carbocycles. The molecule has 0 unspecified atom stereocenters. The number of benzene rings is 1. The van der Waals surface area contributed by atoms with Crippen molar-refractivity contribution in [2.45, 2.75) is 31.6 Å². The van der Waals surface area contributed by atoms with Gasteiger partial charge in [0, 0.05) is 6.54 Å². The number of carboxylic acids is 1. The number of carbonyl (C=O) groups excluding carboxylic acids is 1. The highest BCUT2D eigenvalue weighted by atomic mass is 16.5. The summed E-state index contributed by atoms with van der Waals surface area (Å²) in [5.74, 6) is -0.579. The maximum Gasteiger partial charge on any atom is 0.332 e. The van der Waals surface area contributed by atoms with E-state index in [1.807, 2.05) is 24.3 Å². The molecule has 0 aromatic heterocycles. The molecule has 1 aliphatic heterocycles. The molecule has 1 amide bonds. The Hall–Kier alpha value is -2.08. The molecular weight excluding hydrogens is 262 g/mol. The van der Waals surface area contributed by atoms with E-state index in [-0.39, 0.29) is 5.91 Å². The predicted octanol–water partition coefficient (Wildman–Crippen LogP) is 0.944. The zero-order valence-electron chi connectivity index (χ0n) is 11.2. The number of methoxy groups -OCH3 is 1. The first-order chi connectivity index (χ1) is 9.60. The third-order valence-corrected chi connectivity index (χ3v) is 3.19. The third-order valence-electron chi connectivity index (χ3n) is 3.19. The van der Waals surface area contributed by atoms with Gasteiger partial charge in [-0.25, -0.2) is 4.79 Å². The molecule has 20 heavy (non-hydrogen) atoms. The van der Waals surface area contributed by atoms with Gasteiger partial charge in [0.2, 0.25) is 5.91 Å². The van der Waals surface area contributed by atoms with Crippen LogP contribution in [-0.2, 0) is 20.9 Å². The molecule has 2 N–H and O–H groups in total. The lowest BCUT2D eigenvalue weighted by molar-refractivity contribution is -0.151. The summed E-state index contributed by atoms with van der Waals surface area (Å²) in [6.45, 7) is 0.355. The SMILES string of the molecule is COc1cccc(CNC(=O)[C@@H]2CC[C@H](C(=O)O)O2)c1. The minimum Gasteiger partial charge on any atom is -0.497 e. The van der Waals surface area contributed by atoms with Gasteiger partial charge >= 0.3 is 5.97 Å². The van der Waals surface area contributed by atoms with E-state index in [0.29, 0.717) is 19.4 Å². The van der Waals surface area contributed by atoms with E-state index >= 15 is 0 Å². The van der Waals surface area contributed by atoms with E-state index in [1.54, 1.807) is 7.11 Å². The molecule has 1 aromatic carbocycles. The van der Waals surface area contributed by atoms with Crippen LogP contribution in [0.25, 0.3) is 0 Å². The Morgan fingerprint density at radius 2 is 2.15 bits per heavy atom. The molecular formula is C14H17NO5. The first-order valence-corrected chi connectivity index (χ1v) is 6.39. The number of nitrogens with one attached hydrogen (secondary N) is 1. The van der Waals surface area contributed by atoms with E-state index in [9.17, 15) is 9.59 Å². The fourth-order valence-electron chi connectivity index (χ4n) is 2.10. The van der Waals surface area contributed by atoms with E-state index in [2.05, 4.69) is 5.32 Å². The van der Waals surface area contributed by atoms with Crippen molar-refractivity contribution in [2.75, 3.05) is 7.11 Å². The van der Waals surface area contributed by atoms with Crippen molar-refractivity contribution in [3.63, 3.8) is 0 Å². The van der Waals surface area contributed by atoms with Gasteiger partial charge in [-0.2, -0.15) is 0 Å². The van der Waals surface area contributed by atoms with Crippen molar-refractivity contribution in [3.8, 4) is 5.75 Å². The smallest absolute Gasteiger partial charge is 0.332 e. The molecule has 1 fully saturated rings. The number of hydrogen-bond acceptors (Lipinski definition) is 4. The third kappa shape index (κ3) is 3.48. The predicted molar refractivity (Wildman–Crippen MR) is 70.4 cm³/mol. The summed E-state index contributed by atoms with van der Waals surface area (Å²) >= 11 is 0. The molecule has 0 spiro atoms. The van der Waals surface area contributed by atoms with Gasteiger partial charge in [0.25, 0.3) is 0 Å². The normalized spacial score (nSPS) is 21.4. The summed E-state index contributed by atoms with van der Waals surface area (Å²) in [5, 5.41) is 11.5. The van der Waals surface area contributed by atoms with Crippen LogP contribution >= 0.6 is 0 Å². The second-order valence-electron chi connectivity index (χ2n) is 4.60. The first-order valence-electron chi connectivity index (χ1n) is 6.39. The summed E-state index contributed by atoms with van der Waals surface area (Å²) in [6.07, 6.45) is -0.752. The zero-order chi connectivity index (χ0) is 14.5. The van der Waals surface area contributed by atoms with Gasteiger partial charge in [0.1, 0.15) is 11.9 Å². The maximum atomic E-state index is 11.9. The molecule has 0 bridgehead atoms. The Morgan fingerprint density at radius 3 is 2.80 bits per heavy atom. The monoisotopic (exact) mass is 279 g/mol. The highest BCUT2D eigenvalue weighted by Gasteiger charge is 2.34. The van der Waals surface area contributed by atoms with Gasteiger partial charge in [-0.1, -0.05) is 12.1 Å². The fourth-order valence-corrected chi connectivity index (χ4v) is 2.10. The standard InChI is InChI=1S/C14H17NO5/c1-19-10-4-2-3-9(7-10)8-15-13(16)11-5-6-12(20-11)14(17)18/h2-4,7,11-12H,5-6,8H2,1H3,(H,15,16)(H,17,18)/t11-,12+/m0/s1. The van der Waals surface area contributed by atoms with E-state index in [4.69, 9.17) is 14.6 Å². The highest BCUT2D eigenvalue weighted by molar-refractivity contribution is 5.82. The summed E-state index contributed by atoms with van der Waals surface area (Å²) in [4.78, 5) is 22.6. The number of ether oxygens (including phenoxy) is 2. The largest absolute Gasteiger partial charge is 0.497 e. The topological polar surface area (TPSA) is 84.9 Å². The van der Waals surface area contributed by atoms with Crippen LogP contribution in [0.1, 0.15) is 18.4 Å². The van der Waals surface area contributed by atoms with Gasteiger partial charge in [0.15, 0.2) is 6.10 Å². The molecule has 1 aromatic rings. The van der Waals surface area contributed by atoms with Gasteiger partial charge in [0.05, 0.1) is 7.11 Å². The Bertz CT molecular complexity index is 502. The van der Waals surface area contributed by atoms with Crippen molar-refractivity contribution >= 4 is 11.9 Å². The maximum absolute atomic E-state index is 11.9. The van der Waals surface area contributed by atoms with Crippen molar-refractivity contribution in [1.82, 2.24) is 5.32 Å². The lowest BCUT2D eigenvalue weighted by atomic mass is 10.1. The minimum absolute atomic E-state index is 0.281. The number of hydrogen-bond donors (Lipinski definition) is 2. The van der Waals surface area contributed by atoms with E-state index in [0.717, 1.165) is 11.3 Å². The average molecular weight is 279 g/mol. The summed E-state index contributed by atoms with van der Waals surface area (Å²) in [7, 11) is 1.58. The van der Waals surface area contributed by atoms with Crippen molar-refractivity contribution in [2.24, 2.45) is 0 Å². The Balaban J connectivity index is 1.85. The summed E-state index contributed by atoms with van der Waals surface area (Å²) in [6, 6.07) is 7.36. The van der Waals surface area contributed by atoms with Crippen LogP contribution in [0.15, 0.2) is 24.3 Å². The van der Waals surface area contributed by atoms with Crippen LogP contribution in [-0.4, -0.2) is 36.3 Å². The van der Waals surface area contributed by atoms with Crippen molar-refractivity contribution in [3.05, 3.63) is 29.8 Å².